The highest BCUT2D eigenvalue weighted by molar-refractivity contribution is 7.09. The van der Waals surface area contributed by atoms with E-state index < -0.39 is 0 Å². The van der Waals surface area contributed by atoms with Crippen molar-refractivity contribution in [1.82, 2.24) is 9.80 Å². The monoisotopic (exact) mass is 434 g/mol. The molecule has 1 fully saturated rings. The minimum Gasteiger partial charge on any atom is -0.488 e. The maximum atomic E-state index is 13.0. The summed E-state index contributed by atoms with van der Waals surface area (Å²) in [5.41, 5.74) is 2.53. The molecule has 0 radical (unpaired) electrons. The Kier molecular flexibility index (Phi) is 6.67. The van der Waals surface area contributed by atoms with Crippen molar-refractivity contribution in [2.24, 2.45) is 0 Å². The van der Waals surface area contributed by atoms with Crippen molar-refractivity contribution in [2.75, 3.05) is 26.2 Å². The van der Waals surface area contributed by atoms with E-state index in [1.165, 1.54) is 5.56 Å². The maximum absolute atomic E-state index is 13.0. The Hall–Kier alpha value is -3.12. The fourth-order valence-corrected chi connectivity index (χ4v) is 4.24. The van der Waals surface area contributed by atoms with Gasteiger partial charge in [-0.05, 0) is 53.8 Å². The number of amides is 2. The lowest BCUT2D eigenvalue weighted by Crippen LogP contribution is -2.50. The molecule has 1 aliphatic rings. The van der Waals surface area contributed by atoms with Crippen molar-refractivity contribution in [1.29, 1.82) is 0 Å². The van der Waals surface area contributed by atoms with Crippen molar-refractivity contribution in [3.63, 3.8) is 0 Å². The van der Waals surface area contributed by atoms with Crippen LogP contribution in [-0.4, -0.2) is 47.8 Å². The third kappa shape index (κ3) is 5.14. The highest BCUT2D eigenvalue weighted by Gasteiger charge is 2.25. The molecular formula is C25H26N2O3S. The van der Waals surface area contributed by atoms with Crippen LogP contribution in [-0.2, 0) is 13.0 Å². The van der Waals surface area contributed by atoms with Crippen molar-refractivity contribution in [2.45, 2.75) is 20.0 Å². The van der Waals surface area contributed by atoms with Gasteiger partial charge in [0, 0.05) is 42.2 Å². The molecule has 6 heteroatoms. The number of benzene rings is 2. The smallest absolute Gasteiger partial charge is 0.254 e. The topological polar surface area (TPSA) is 49.9 Å². The van der Waals surface area contributed by atoms with Gasteiger partial charge in [-0.3, -0.25) is 9.59 Å². The highest BCUT2D eigenvalue weighted by atomic mass is 32.1. The van der Waals surface area contributed by atoms with Gasteiger partial charge in [-0.1, -0.05) is 31.2 Å². The summed E-state index contributed by atoms with van der Waals surface area (Å²) < 4.78 is 5.83. The van der Waals surface area contributed by atoms with E-state index in [4.69, 9.17) is 4.74 Å². The normalized spacial score (nSPS) is 13.8. The molecule has 0 N–H and O–H groups in total. The van der Waals surface area contributed by atoms with Gasteiger partial charge in [-0.25, -0.2) is 0 Å². The zero-order valence-corrected chi connectivity index (χ0v) is 18.4. The van der Waals surface area contributed by atoms with Gasteiger partial charge in [-0.2, -0.15) is 0 Å². The van der Waals surface area contributed by atoms with Crippen LogP contribution >= 0.6 is 11.3 Å². The van der Waals surface area contributed by atoms with Gasteiger partial charge in [-0.15, -0.1) is 11.3 Å². The minimum absolute atomic E-state index is 0.0266. The second-order valence-corrected chi connectivity index (χ2v) is 8.56. The lowest BCUT2D eigenvalue weighted by atomic mass is 10.1. The summed E-state index contributed by atoms with van der Waals surface area (Å²) in [4.78, 5) is 30.5. The zero-order chi connectivity index (χ0) is 21.6. The van der Waals surface area contributed by atoms with Crippen LogP contribution in [0.3, 0.4) is 0 Å². The standard InChI is InChI=1S/C25H26N2O3S/c1-2-19-8-10-20(11-9-19)24(28)26-12-14-27(15-13-26)25(29)21-5-3-6-22(17-21)30-18-23-7-4-16-31-23/h3-11,16-17H,2,12-15,18H2,1H3. The molecule has 2 heterocycles. The fourth-order valence-electron chi connectivity index (χ4n) is 3.63. The summed E-state index contributed by atoms with van der Waals surface area (Å²) in [7, 11) is 0. The summed E-state index contributed by atoms with van der Waals surface area (Å²) in [5.74, 6) is 0.684. The number of aryl methyl sites for hydroxylation is 1. The number of nitrogens with zero attached hydrogens (tertiary/aromatic N) is 2. The molecule has 3 aromatic rings. The number of rotatable bonds is 6. The molecular weight excluding hydrogens is 408 g/mol. The Morgan fingerprint density at radius 2 is 1.55 bits per heavy atom. The first-order chi connectivity index (χ1) is 15.1. The number of ether oxygens (including phenoxy) is 1. The number of carbonyl (C=O) groups excluding carboxylic acids is 2. The number of thiophene rings is 1. The van der Waals surface area contributed by atoms with Crippen LogP contribution in [0.4, 0.5) is 0 Å². The van der Waals surface area contributed by atoms with Crippen LogP contribution in [0.2, 0.25) is 0 Å². The molecule has 4 rings (SSSR count). The summed E-state index contributed by atoms with van der Waals surface area (Å²) in [6.07, 6.45) is 0.954. The molecule has 0 atom stereocenters. The van der Waals surface area contributed by atoms with Crippen molar-refractivity contribution in [3.8, 4) is 5.75 Å². The SMILES string of the molecule is CCc1ccc(C(=O)N2CCN(C(=O)c3cccc(OCc4cccs4)c3)CC2)cc1. The summed E-state index contributed by atoms with van der Waals surface area (Å²) in [6.45, 7) is 4.72. The second kappa shape index (κ2) is 9.79. The molecule has 31 heavy (non-hydrogen) atoms. The molecule has 2 amide bonds. The highest BCUT2D eigenvalue weighted by Crippen LogP contribution is 2.19. The molecule has 0 unspecified atom stereocenters. The molecule has 0 aliphatic carbocycles. The molecule has 1 aliphatic heterocycles. The van der Waals surface area contributed by atoms with E-state index in [9.17, 15) is 9.59 Å². The molecule has 5 nitrogen and oxygen atoms in total. The van der Waals surface area contributed by atoms with Crippen LogP contribution in [0.15, 0.2) is 66.0 Å². The van der Waals surface area contributed by atoms with Gasteiger partial charge >= 0.3 is 0 Å². The van der Waals surface area contributed by atoms with Gasteiger partial charge in [0.25, 0.3) is 11.8 Å². The molecule has 1 aromatic heterocycles. The lowest BCUT2D eigenvalue weighted by Gasteiger charge is -2.35. The quantitative estimate of drug-likeness (QED) is 0.574. The Balaban J connectivity index is 1.33. The largest absolute Gasteiger partial charge is 0.488 e. The van der Waals surface area contributed by atoms with E-state index in [1.54, 1.807) is 17.4 Å². The fraction of sp³-hybridized carbons (Fsp3) is 0.280. The van der Waals surface area contributed by atoms with Crippen LogP contribution in [0.25, 0.3) is 0 Å². The summed E-state index contributed by atoms with van der Waals surface area (Å²) in [5, 5.41) is 2.02. The Morgan fingerprint density at radius 1 is 0.871 bits per heavy atom. The van der Waals surface area contributed by atoms with E-state index >= 15 is 0 Å². The van der Waals surface area contributed by atoms with Gasteiger partial charge < -0.3 is 14.5 Å². The van der Waals surface area contributed by atoms with Crippen LogP contribution in [0, 0.1) is 0 Å². The number of hydrogen-bond donors (Lipinski definition) is 0. The molecule has 0 spiro atoms. The van der Waals surface area contributed by atoms with Crippen LogP contribution in [0.5, 0.6) is 5.75 Å². The first kappa shape index (κ1) is 21.1. The average molecular weight is 435 g/mol. The first-order valence-corrected chi connectivity index (χ1v) is 11.4. The minimum atomic E-state index is -0.0269. The van der Waals surface area contributed by atoms with E-state index in [-0.39, 0.29) is 11.8 Å². The van der Waals surface area contributed by atoms with E-state index in [2.05, 4.69) is 6.92 Å². The van der Waals surface area contributed by atoms with Crippen molar-refractivity contribution >= 4 is 23.2 Å². The molecule has 0 bridgehead atoms. The Labute approximate surface area is 186 Å². The number of carbonyl (C=O) groups is 2. The van der Waals surface area contributed by atoms with Crippen LogP contribution in [0.1, 0.15) is 38.1 Å². The molecule has 0 saturated carbocycles. The van der Waals surface area contributed by atoms with E-state index in [1.807, 2.05) is 69.8 Å². The average Bonchev–Trinajstić information content (AvgIpc) is 3.36. The predicted molar refractivity (Wildman–Crippen MR) is 123 cm³/mol. The number of hydrogen-bond acceptors (Lipinski definition) is 4. The maximum Gasteiger partial charge on any atom is 0.254 e. The van der Waals surface area contributed by atoms with Gasteiger partial charge in [0.2, 0.25) is 0 Å². The molecule has 160 valence electrons. The summed E-state index contributed by atoms with van der Waals surface area (Å²) >= 11 is 1.65. The predicted octanol–water partition coefficient (Wildman–Crippen LogP) is 4.49. The zero-order valence-electron chi connectivity index (χ0n) is 17.6. The van der Waals surface area contributed by atoms with Crippen molar-refractivity contribution < 1.29 is 14.3 Å². The first-order valence-electron chi connectivity index (χ1n) is 10.6. The van der Waals surface area contributed by atoms with Gasteiger partial charge in [0.1, 0.15) is 12.4 Å². The van der Waals surface area contributed by atoms with Gasteiger partial charge in [0.05, 0.1) is 0 Å². The third-order valence-corrected chi connectivity index (χ3v) is 6.36. The van der Waals surface area contributed by atoms with Crippen LogP contribution < -0.4 is 4.74 Å². The Bertz CT molecular complexity index is 1020. The van der Waals surface area contributed by atoms with Gasteiger partial charge in [0.15, 0.2) is 0 Å². The third-order valence-electron chi connectivity index (χ3n) is 5.51. The lowest BCUT2D eigenvalue weighted by molar-refractivity contribution is 0.0535. The Morgan fingerprint density at radius 3 is 2.16 bits per heavy atom. The van der Waals surface area contributed by atoms with E-state index in [0.717, 1.165) is 11.3 Å². The van der Waals surface area contributed by atoms with E-state index in [0.29, 0.717) is 49.7 Å². The molecule has 1 saturated heterocycles. The molecule has 2 aromatic carbocycles. The second-order valence-electron chi connectivity index (χ2n) is 7.53. The summed E-state index contributed by atoms with van der Waals surface area (Å²) in [6, 6.07) is 19.1. The van der Waals surface area contributed by atoms with Crippen molar-refractivity contribution in [3.05, 3.63) is 87.6 Å². The number of piperazine rings is 1.